The van der Waals surface area contributed by atoms with Gasteiger partial charge in [0.2, 0.25) is 11.8 Å². The number of nitrogens with one attached hydrogen (secondary N) is 2. The zero-order valence-electron chi connectivity index (χ0n) is 16.0. The van der Waals surface area contributed by atoms with Crippen LogP contribution in [0.4, 0.5) is 5.69 Å². The van der Waals surface area contributed by atoms with E-state index in [4.69, 9.17) is 0 Å². The quantitative estimate of drug-likeness (QED) is 0.638. The van der Waals surface area contributed by atoms with Gasteiger partial charge in [-0.05, 0) is 36.6 Å². The highest BCUT2D eigenvalue weighted by Gasteiger charge is 2.05. The molecule has 0 fully saturated rings. The van der Waals surface area contributed by atoms with Gasteiger partial charge < -0.3 is 10.6 Å². The van der Waals surface area contributed by atoms with Crippen LogP contribution in [-0.4, -0.2) is 23.3 Å². The highest BCUT2D eigenvalue weighted by Crippen LogP contribution is 2.21. The van der Waals surface area contributed by atoms with Crippen molar-refractivity contribution in [2.75, 3.05) is 11.9 Å². The second-order valence-electron chi connectivity index (χ2n) is 6.60. The summed E-state index contributed by atoms with van der Waals surface area (Å²) in [6, 6.07) is 15.6. The first kappa shape index (κ1) is 19.8. The van der Waals surface area contributed by atoms with Crippen LogP contribution in [0.2, 0.25) is 0 Å². The number of aromatic nitrogens is 1. The van der Waals surface area contributed by atoms with Crippen molar-refractivity contribution in [3.63, 3.8) is 0 Å². The van der Waals surface area contributed by atoms with E-state index in [0.717, 1.165) is 33.9 Å². The molecule has 2 amide bonds. The maximum Gasteiger partial charge on any atom is 0.224 e. The number of hydrogen-bond donors (Lipinski definition) is 2. The first-order valence-electron chi connectivity index (χ1n) is 9.14. The van der Waals surface area contributed by atoms with E-state index in [1.165, 1.54) is 12.5 Å². The molecule has 0 atom stereocenters. The highest BCUT2D eigenvalue weighted by atomic mass is 32.1. The topological polar surface area (TPSA) is 71.1 Å². The Balaban J connectivity index is 1.44. The van der Waals surface area contributed by atoms with Crippen LogP contribution in [0, 0.1) is 6.92 Å². The smallest absolute Gasteiger partial charge is 0.224 e. The highest BCUT2D eigenvalue weighted by molar-refractivity contribution is 7.09. The van der Waals surface area contributed by atoms with Crippen LogP contribution >= 0.6 is 11.3 Å². The average molecular weight is 394 g/mol. The summed E-state index contributed by atoms with van der Waals surface area (Å²) in [6.07, 6.45) is 1.10. The molecule has 0 spiro atoms. The lowest BCUT2D eigenvalue weighted by atomic mass is 10.1. The predicted molar refractivity (Wildman–Crippen MR) is 113 cm³/mol. The zero-order chi connectivity index (χ0) is 19.9. The lowest BCUT2D eigenvalue weighted by Crippen LogP contribution is -2.27. The van der Waals surface area contributed by atoms with Crippen LogP contribution in [0.5, 0.6) is 0 Å². The Morgan fingerprint density at radius 1 is 1.00 bits per heavy atom. The first-order chi connectivity index (χ1) is 13.5. The fraction of sp³-hybridized carbons (Fsp3) is 0.227. The molecule has 3 aromatic rings. The largest absolute Gasteiger partial charge is 0.355 e. The number of rotatable bonds is 7. The van der Waals surface area contributed by atoms with Crippen LogP contribution in [0.15, 0.2) is 53.9 Å². The van der Waals surface area contributed by atoms with E-state index in [9.17, 15) is 9.59 Å². The van der Waals surface area contributed by atoms with Crippen LogP contribution in [-0.2, 0) is 22.4 Å². The Bertz CT molecular complexity index is 947. The Morgan fingerprint density at radius 2 is 1.68 bits per heavy atom. The van der Waals surface area contributed by atoms with Gasteiger partial charge in [0, 0.05) is 30.1 Å². The molecule has 1 aromatic heterocycles. The van der Waals surface area contributed by atoms with E-state index in [1.54, 1.807) is 23.5 Å². The average Bonchev–Trinajstić information content (AvgIpc) is 3.10. The number of hydrogen-bond acceptors (Lipinski definition) is 4. The van der Waals surface area contributed by atoms with Crippen LogP contribution in [0.1, 0.15) is 23.1 Å². The van der Waals surface area contributed by atoms with Crippen molar-refractivity contribution in [1.82, 2.24) is 10.3 Å². The molecule has 0 radical (unpaired) electrons. The number of amides is 2. The lowest BCUT2D eigenvalue weighted by Gasteiger charge is -2.07. The van der Waals surface area contributed by atoms with Crippen molar-refractivity contribution in [2.24, 2.45) is 0 Å². The number of carbonyl (C=O) groups excluding carboxylic acids is 2. The molecule has 5 nitrogen and oxygen atoms in total. The van der Waals surface area contributed by atoms with Crippen LogP contribution in [0.3, 0.4) is 0 Å². The predicted octanol–water partition coefficient (Wildman–Crippen LogP) is 3.98. The molecule has 0 saturated heterocycles. The van der Waals surface area contributed by atoms with Crippen LogP contribution < -0.4 is 10.6 Å². The second-order valence-corrected chi connectivity index (χ2v) is 7.67. The van der Waals surface area contributed by atoms with E-state index in [1.807, 2.05) is 19.1 Å². The summed E-state index contributed by atoms with van der Waals surface area (Å²) in [5, 5.41) is 8.79. The molecule has 3 rings (SSSR count). The fourth-order valence-electron chi connectivity index (χ4n) is 2.84. The summed E-state index contributed by atoms with van der Waals surface area (Å²) in [4.78, 5) is 27.6. The minimum absolute atomic E-state index is 0.0122. The molecule has 6 heteroatoms. The molecule has 0 unspecified atom stereocenters. The molecule has 2 aromatic carbocycles. The molecular weight excluding hydrogens is 370 g/mol. The summed E-state index contributed by atoms with van der Waals surface area (Å²) < 4.78 is 0. The molecule has 0 aliphatic rings. The van der Waals surface area contributed by atoms with Gasteiger partial charge >= 0.3 is 0 Å². The van der Waals surface area contributed by atoms with E-state index in [2.05, 4.69) is 45.3 Å². The third-order valence-corrected chi connectivity index (χ3v) is 5.02. The van der Waals surface area contributed by atoms with Crippen LogP contribution in [0.25, 0.3) is 11.3 Å². The number of anilines is 1. The molecule has 144 valence electrons. The fourth-order valence-corrected chi connectivity index (χ4v) is 3.46. The van der Waals surface area contributed by atoms with Crippen molar-refractivity contribution in [1.29, 1.82) is 0 Å². The van der Waals surface area contributed by atoms with Crippen molar-refractivity contribution in [2.45, 2.75) is 26.7 Å². The third kappa shape index (κ3) is 5.76. The Kier molecular flexibility index (Phi) is 6.55. The Hall–Kier alpha value is -2.99. The maximum atomic E-state index is 12.1. The van der Waals surface area contributed by atoms with Gasteiger partial charge in [-0.15, -0.1) is 11.3 Å². The monoisotopic (exact) mass is 393 g/mol. The second kappa shape index (κ2) is 9.28. The molecule has 1 heterocycles. The number of nitrogens with zero attached hydrogens (tertiary/aromatic N) is 1. The standard InChI is InChI=1S/C22H23N3O2S/c1-15(26)24-20-9-5-18(6-10-20)13-22(27)23-12-11-17-3-7-19(8-4-17)21-14-28-16(2)25-21/h3-10,14H,11-13H2,1-2H3,(H,23,27)(H,24,26). The minimum Gasteiger partial charge on any atom is -0.355 e. The van der Waals surface area contributed by atoms with Gasteiger partial charge in [0.05, 0.1) is 17.1 Å². The molecule has 28 heavy (non-hydrogen) atoms. The summed E-state index contributed by atoms with van der Waals surface area (Å²) in [6.45, 7) is 4.06. The molecule has 0 saturated carbocycles. The number of benzene rings is 2. The van der Waals surface area contributed by atoms with Crippen molar-refractivity contribution in [3.8, 4) is 11.3 Å². The van der Waals surface area contributed by atoms with Gasteiger partial charge in [0.25, 0.3) is 0 Å². The van der Waals surface area contributed by atoms with E-state index >= 15 is 0 Å². The number of carbonyl (C=O) groups is 2. The van der Waals surface area contributed by atoms with Gasteiger partial charge in [-0.3, -0.25) is 9.59 Å². The molecule has 2 N–H and O–H groups in total. The van der Waals surface area contributed by atoms with Gasteiger partial charge in [-0.2, -0.15) is 0 Å². The van der Waals surface area contributed by atoms with Gasteiger partial charge in [0.1, 0.15) is 0 Å². The first-order valence-corrected chi connectivity index (χ1v) is 10.0. The summed E-state index contributed by atoms with van der Waals surface area (Å²) in [5.41, 5.74) is 4.94. The van der Waals surface area contributed by atoms with E-state index in [0.29, 0.717) is 13.0 Å². The zero-order valence-corrected chi connectivity index (χ0v) is 16.8. The van der Waals surface area contributed by atoms with Crippen molar-refractivity contribution in [3.05, 3.63) is 70.0 Å². The Labute approximate surface area is 168 Å². The lowest BCUT2D eigenvalue weighted by molar-refractivity contribution is -0.120. The summed E-state index contributed by atoms with van der Waals surface area (Å²) >= 11 is 1.65. The number of thiazole rings is 1. The van der Waals surface area contributed by atoms with Crippen molar-refractivity contribution >= 4 is 28.8 Å². The molecule has 0 aliphatic heterocycles. The number of aryl methyl sites for hydroxylation is 1. The minimum atomic E-state index is -0.111. The summed E-state index contributed by atoms with van der Waals surface area (Å²) in [5.74, 6) is -0.123. The van der Waals surface area contributed by atoms with Gasteiger partial charge in [-0.1, -0.05) is 36.4 Å². The SMILES string of the molecule is CC(=O)Nc1ccc(CC(=O)NCCc2ccc(-c3csc(C)n3)cc2)cc1. The maximum absolute atomic E-state index is 12.1. The van der Waals surface area contributed by atoms with E-state index < -0.39 is 0 Å². The Morgan fingerprint density at radius 3 is 2.29 bits per heavy atom. The van der Waals surface area contributed by atoms with E-state index in [-0.39, 0.29) is 11.8 Å². The molecule has 0 aliphatic carbocycles. The van der Waals surface area contributed by atoms with Gasteiger partial charge in [0.15, 0.2) is 0 Å². The normalized spacial score (nSPS) is 10.5. The summed E-state index contributed by atoms with van der Waals surface area (Å²) in [7, 11) is 0. The third-order valence-electron chi connectivity index (χ3n) is 4.24. The van der Waals surface area contributed by atoms with Crippen molar-refractivity contribution < 1.29 is 9.59 Å². The molecule has 0 bridgehead atoms. The van der Waals surface area contributed by atoms with Gasteiger partial charge in [-0.25, -0.2) is 4.98 Å². The molecular formula is C22H23N3O2S.